The third-order valence-electron chi connectivity index (χ3n) is 6.20. The second kappa shape index (κ2) is 8.31. The lowest BCUT2D eigenvalue weighted by Crippen LogP contribution is -2.42. The van der Waals surface area contributed by atoms with E-state index in [4.69, 9.17) is 4.42 Å². The number of likely N-dealkylation sites (tertiary alicyclic amines) is 1. The maximum absolute atomic E-state index is 12.9. The van der Waals surface area contributed by atoms with Crippen molar-refractivity contribution in [1.29, 1.82) is 0 Å². The van der Waals surface area contributed by atoms with E-state index in [2.05, 4.69) is 61.8 Å². The molecule has 0 bridgehead atoms. The van der Waals surface area contributed by atoms with Crippen LogP contribution in [0.25, 0.3) is 0 Å². The van der Waals surface area contributed by atoms with Crippen molar-refractivity contribution in [2.24, 2.45) is 11.8 Å². The normalized spacial score (nSPS) is 22.7. The van der Waals surface area contributed by atoms with Crippen molar-refractivity contribution in [1.82, 2.24) is 14.8 Å². The number of amides is 1. The fourth-order valence-electron chi connectivity index (χ4n) is 4.71. The van der Waals surface area contributed by atoms with Crippen LogP contribution in [0.3, 0.4) is 0 Å². The molecule has 2 aromatic rings. The molecule has 1 aromatic heterocycles. The molecule has 5 nitrogen and oxygen atoms in total. The predicted octanol–water partition coefficient (Wildman–Crippen LogP) is 4.47. The highest BCUT2D eigenvalue weighted by Gasteiger charge is 2.31. The summed E-state index contributed by atoms with van der Waals surface area (Å²) < 4.78 is 5.90. The zero-order valence-corrected chi connectivity index (χ0v) is 18.1. The summed E-state index contributed by atoms with van der Waals surface area (Å²) in [4.78, 5) is 21.8. The summed E-state index contributed by atoms with van der Waals surface area (Å²) in [7, 11) is 0. The van der Waals surface area contributed by atoms with Crippen molar-refractivity contribution in [3.63, 3.8) is 0 Å². The summed E-state index contributed by atoms with van der Waals surface area (Å²) >= 11 is 0. The summed E-state index contributed by atoms with van der Waals surface area (Å²) in [6.45, 7) is 13.0. The van der Waals surface area contributed by atoms with E-state index in [0.29, 0.717) is 17.8 Å². The molecule has 2 atom stereocenters. The maximum atomic E-state index is 12.9. The lowest BCUT2D eigenvalue weighted by atomic mass is 9.92. The van der Waals surface area contributed by atoms with Gasteiger partial charge < -0.3 is 9.32 Å². The Labute approximate surface area is 174 Å². The van der Waals surface area contributed by atoms with Gasteiger partial charge in [-0.05, 0) is 35.3 Å². The molecule has 0 saturated carbocycles. The molecule has 0 aliphatic carbocycles. The molecular weight excluding hydrogens is 362 g/mol. The number of hydrogen-bond donors (Lipinski definition) is 0. The van der Waals surface area contributed by atoms with Crippen molar-refractivity contribution in [2.45, 2.75) is 59.5 Å². The van der Waals surface area contributed by atoms with E-state index in [1.807, 2.05) is 4.90 Å². The Balaban J connectivity index is 1.41. The molecule has 0 radical (unpaired) electrons. The zero-order valence-electron chi connectivity index (χ0n) is 18.1. The number of carbonyl (C=O) groups excluding carboxylic acids is 1. The van der Waals surface area contributed by atoms with E-state index < -0.39 is 0 Å². The van der Waals surface area contributed by atoms with Crippen molar-refractivity contribution in [2.75, 3.05) is 19.6 Å². The Hall–Kier alpha value is -2.14. The highest BCUT2D eigenvalue weighted by molar-refractivity contribution is 5.89. The molecule has 1 fully saturated rings. The Morgan fingerprint density at radius 3 is 2.52 bits per heavy atom. The second-order valence-electron chi connectivity index (χ2n) is 9.40. The van der Waals surface area contributed by atoms with Crippen molar-refractivity contribution >= 4 is 5.91 Å². The number of rotatable bonds is 4. The maximum Gasteiger partial charge on any atom is 0.309 e. The fraction of sp³-hybridized carbons (Fsp3) is 0.583. The minimum atomic E-state index is -0.0476. The van der Waals surface area contributed by atoms with Gasteiger partial charge in [-0.2, -0.15) is 0 Å². The van der Waals surface area contributed by atoms with Crippen LogP contribution in [0, 0.1) is 11.8 Å². The van der Waals surface area contributed by atoms with Gasteiger partial charge in [0.2, 0.25) is 0 Å². The first-order chi connectivity index (χ1) is 13.9. The number of aromatic nitrogens is 1. The van der Waals surface area contributed by atoms with Gasteiger partial charge in [-0.1, -0.05) is 52.0 Å². The number of carbonyl (C=O) groups is 1. The minimum Gasteiger partial charge on any atom is -0.437 e. The highest BCUT2D eigenvalue weighted by Crippen LogP contribution is 2.25. The van der Waals surface area contributed by atoms with Crippen molar-refractivity contribution < 1.29 is 9.21 Å². The summed E-state index contributed by atoms with van der Waals surface area (Å²) in [5.41, 5.74) is 3.61. The number of oxazole rings is 1. The van der Waals surface area contributed by atoms with Gasteiger partial charge in [-0.25, -0.2) is 4.98 Å². The van der Waals surface area contributed by atoms with Crippen LogP contribution in [0.4, 0.5) is 0 Å². The molecule has 0 N–H and O–H groups in total. The number of hydrogen-bond acceptors (Lipinski definition) is 4. The third kappa shape index (κ3) is 4.55. The smallest absolute Gasteiger partial charge is 0.309 e. The van der Waals surface area contributed by atoms with Gasteiger partial charge in [-0.15, -0.1) is 0 Å². The predicted molar refractivity (Wildman–Crippen MR) is 114 cm³/mol. The van der Waals surface area contributed by atoms with Gasteiger partial charge in [-0.3, -0.25) is 9.69 Å². The number of fused-ring (bicyclic) bond motifs is 1. The number of nitrogens with zero attached hydrogens (tertiary/aromatic N) is 3. The van der Waals surface area contributed by atoms with E-state index in [9.17, 15) is 4.79 Å². The Bertz CT molecular complexity index is 846. The molecule has 0 spiro atoms. The second-order valence-corrected chi connectivity index (χ2v) is 9.40. The van der Waals surface area contributed by atoms with Crippen LogP contribution in [-0.2, 0) is 19.5 Å². The van der Waals surface area contributed by atoms with Crippen LogP contribution in [0.15, 0.2) is 28.7 Å². The molecule has 2 unspecified atom stereocenters. The first-order valence-electron chi connectivity index (χ1n) is 11.0. The Morgan fingerprint density at radius 2 is 1.86 bits per heavy atom. The van der Waals surface area contributed by atoms with Gasteiger partial charge in [0.25, 0.3) is 5.89 Å². The molecule has 3 heterocycles. The molecular formula is C24H33N3O2. The summed E-state index contributed by atoms with van der Waals surface area (Å²) in [5.74, 6) is 2.74. The SMILES string of the molecule is CC1CC(C)CN(C(=O)c2nc3c(o2)CCN(Cc2ccc(C(C)C)cc2)C3)C1. The first-order valence-corrected chi connectivity index (χ1v) is 11.0. The highest BCUT2D eigenvalue weighted by atomic mass is 16.4. The third-order valence-corrected chi connectivity index (χ3v) is 6.20. The van der Waals surface area contributed by atoms with Crippen molar-refractivity contribution in [3.05, 3.63) is 52.7 Å². The van der Waals surface area contributed by atoms with Crippen LogP contribution in [0.1, 0.15) is 73.3 Å². The van der Waals surface area contributed by atoms with Crippen molar-refractivity contribution in [3.8, 4) is 0 Å². The largest absolute Gasteiger partial charge is 0.437 e. The van der Waals surface area contributed by atoms with E-state index in [1.54, 1.807) is 0 Å². The minimum absolute atomic E-state index is 0.0476. The zero-order chi connectivity index (χ0) is 20.5. The van der Waals surface area contributed by atoms with Gasteiger partial charge in [0.05, 0.1) is 5.69 Å². The molecule has 2 aliphatic rings. The van der Waals surface area contributed by atoms with E-state index in [0.717, 1.165) is 50.6 Å². The molecule has 29 heavy (non-hydrogen) atoms. The van der Waals surface area contributed by atoms with Crippen LogP contribution in [0.5, 0.6) is 0 Å². The van der Waals surface area contributed by atoms with Gasteiger partial charge in [0, 0.05) is 39.1 Å². The standard InChI is InChI=1S/C24H33N3O2/c1-16(2)20-7-5-19(6-8-20)14-26-10-9-22-21(15-26)25-23(29-22)24(28)27-12-17(3)11-18(4)13-27/h5-8,16-18H,9-15H2,1-4H3. The monoisotopic (exact) mass is 395 g/mol. The average Bonchev–Trinajstić information content (AvgIpc) is 3.10. The van der Waals surface area contributed by atoms with E-state index in [-0.39, 0.29) is 11.8 Å². The average molecular weight is 396 g/mol. The van der Waals surface area contributed by atoms with Crippen LogP contribution in [0.2, 0.25) is 0 Å². The number of benzene rings is 1. The first kappa shape index (κ1) is 20.1. The molecule has 156 valence electrons. The van der Waals surface area contributed by atoms with E-state index >= 15 is 0 Å². The molecule has 1 amide bonds. The Kier molecular flexibility index (Phi) is 5.77. The fourth-order valence-corrected chi connectivity index (χ4v) is 4.71. The summed E-state index contributed by atoms with van der Waals surface area (Å²) in [6, 6.07) is 8.90. The van der Waals surface area contributed by atoms with Gasteiger partial charge in [0.15, 0.2) is 0 Å². The molecule has 1 aromatic carbocycles. The summed E-state index contributed by atoms with van der Waals surface area (Å²) in [5, 5.41) is 0. The molecule has 4 rings (SSSR count). The van der Waals surface area contributed by atoms with E-state index in [1.165, 1.54) is 17.5 Å². The lowest BCUT2D eigenvalue weighted by Gasteiger charge is -2.34. The van der Waals surface area contributed by atoms with Gasteiger partial charge >= 0.3 is 5.91 Å². The molecule has 5 heteroatoms. The number of piperidine rings is 1. The van der Waals surface area contributed by atoms with Crippen LogP contribution >= 0.6 is 0 Å². The summed E-state index contributed by atoms with van der Waals surface area (Å²) in [6.07, 6.45) is 1.99. The van der Waals surface area contributed by atoms with Crippen LogP contribution in [-0.4, -0.2) is 40.3 Å². The van der Waals surface area contributed by atoms with Crippen LogP contribution < -0.4 is 0 Å². The lowest BCUT2D eigenvalue weighted by molar-refractivity contribution is 0.0581. The topological polar surface area (TPSA) is 49.6 Å². The van der Waals surface area contributed by atoms with Gasteiger partial charge in [0.1, 0.15) is 5.76 Å². The molecule has 2 aliphatic heterocycles. The molecule has 1 saturated heterocycles. The Morgan fingerprint density at radius 1 is 1.17 bits per heavy atom. The quantitative estimate of drug-likeness (QED) is 0.766.